The van der Waals surface area contributed by atoms with Gasteiger partial charge in [-0.1, -0.05) is 95.2 Å². The Morgan fingerprint density at radius 1 is 0.549 bits per heavy atom. The molecule has 0 aliphatic carbocycles. The Hall–Kier alpha value is -5.94. The van der Waals surface area contributed by atoms with Crippen molar-refractivity contribution in [1.82, 2.24) is 60.5 Å². The molecule has 0 unspecified atom stereocenters. The molecule has 586 valence electrons. The van der Waals surface area contributed by atoms with Crippen molar-refractivity contribution in [3.8, 4) is 0 Å². The number of aliphatic hydroxyl groups is 3. The van der Waals surface area contributed by atoms with Crippen molar-refractivity contribution >= 4 is 76.7 Å². The van der Waals surface area contributed by atoms with Crippen molar-refractivity contribution in [2.24, 2.45) is 41.4 Å². The predicted octanol–water partition coefficient (Wildman–Crippen LogP) is 3.60. The maximum Gasteiger partial charge on any atom is 0.246 e. The number of hydrogen-bond acceptors (Lipinski definition) is 17. The number of thioether (sulfide) groups is 1. The van der Waals surface area contributed by atoms with Gasteiger partial charge >= 0.3 is 0 Å². The maximum absolute atomic E-state index is 15.6. The summed E-state index contributed by atoms with van der Waals surface area (Å²) >= 11 is 1.34. The van der Waals surface area contributed by atoms with E-state index in [2.05, 4.69) is 26.2 Å². The van der Waals surface area contributed by atoms with Gasteiger partial charge in [-0.15, -0.1) is 0 Å². The van der Waals surface area contributed by atoms with E-state index in [1.165, 1.54) is 113 Å². The fraction of sp³-hybridized carbons (Fsp3) is 0.824. The third-order valence-corrected chi connectivity index (χ3v) is 20.9. The zero-order valence-corrected chi connectivity index (χ0v) is 67.2. The van der Waals surface area contributed by atoms with Gasteiger partial charge in [0.05, 0.1) is 24.9 Å². The molecule has 0 aromatic heterocycles. The van der Waals surface area contributed by atoms with Crippen LogP contribution >= 0.6 is 11.8 Å². The third-order valence-electron chi connectivity index (χ3n) is 19.8. The maximum atomic E-state index is 15.6. The molecule has 102 heavy (non-hydrogen) atoms. The van der Waals surface area contributed by atoms with Crippen molar-refractivity contribution in [3.63, 3.8) is 0 Å². The first-order valence-corrected chi connectivity index (χ1v) is 38.2. The van der Waals surface area contributed by atoms with E-state index in [0.717, 1.165) is 42.3 Å². The zero-order valence-electron chi connectivity index (χ0n) is 66.4. The summed E-state index contributed by atoms with van der Waals surface area (Å²) in [4.78, 5) is 176. The molecule has 0 aromatic rings. The van der Waals surface area contributed by atoms with E-state index in [1.807, 2.05) is 41.5 Å². The summed E-state index contributed by atoms with van der Waals surface area (Å²) in [5, 5.41) is 45.5. The normalized spacial score (nSPS) is 26.7. The highest BCUT2D eigenvalue weighted by Crippen LogP contribution is 2.28. The summed E-state index contributed by atoms with van der Waals surface area (Å²) in [7, 11) is 9.84. The van der Waals surface area contributed by atoms with E-state index in [4.69, 9.17) is 4.74 Å². The van der Waals surface area contributed by atoms with Gasteiger partial charge in [0.2, 0.25) is 65.0 Å². The summed E-state index contributed by atoms with van der Waals surface area (Å²) in [6.07, 6.45) is 4.37. The number of nitrogens with one attached hydrogen (secondary N) is 4. The van der Waals surface area contributed by atoms with Crippen molar-refractivity contribution < 1.29 is 72.8 Å². The molecule has 2 rings (SSSR count). The Labute approximate surface area is 614 Å². The molecule has 2 aliphatic heterocycles. The molecule has 2 fully saturated rings. The second kappa shape index (κ2) is 43.5. The number of likely N-dealkylation sites (N-methyl/N-ethyl adjacent to an activating group) is 7. The Morgan fingerprint density at radius 2 is 1.02 bits per heavy atom. The lowest BCUT2D eigenvalue weighted by molar-refractivity contribution is -0.157. The number of allylic oxidation sites excluding steroid dienone is 2. The number of ether oxygens (including phenoxy) is 1. The molecule has 2 aliphatic rings. The zero-order chi connectivity index (χ0) is 78.1. The van der Waals surface area contributed by atoms with Gasteiger partial charge < -0.3 is 75.6 Å². The first kappa shape index (κ1) is 92.1. The van der Waals surface area contributed by atoms with Crippen LogP contribution in [0.5, 0.6) is 0 Å². The number of carbonyl (C=O) groups excluding carboxylic acids is 11. The lowest BCUT2D eigenvalue weighted by Gasteiger charge is -2.41. The van der Waals surface area contributed by atoms with Gasteiger partial charge in [-0.25, -0.2) is 0 Å². The summed E-state index contributed by atoms with van der Waals surface area (Å²) in [6.45, 7) is 32.6. The van der Waals surface area contributed by atoms with Crippen molar-refractivity contribution in [2.75, 3.05) is 100 Å². The van der Waals surface area contributed by atoms with Gasteiger partial charge in [-0.3, -0.25) is 57.6 Å². The van der Waals surface area contributed by atoms with E-state index in [0.29, 0.717) is 25.4 Å². The molecule has 0 aromatic carbocycles. The van der Waals surface area contributed by atoms with Gasteiger partial charge in [-0.2, -0.15) is 11.8 Å². The molecule has 7 N–H and O–H groups in total. The predicted molar refractivity (Wildman–Crippen MR) is 398 cm³/mol. The highest BCUT2D eigenvalue weighted by Gasteiger charge is 2.47. The molecule has 27 nitrogen and oxygen atoms in total. The van der Waals surface area contributed by atoms with E-state index >= 15 is 33.6 Å². The van der Waals surface area contributed by atoms with Crippen molar-refractivity contribution in [3.05, 3.63) is 12.2 Å². The summed E-state index contributed by atoms with van der Waals surface area (Å²) in [5.74, 6) is -10.2. The van der Waals surface area contributed by atoms with Crippen LogP contribution in [-0.2, 0) is 57.5 Å². The summed E-state index contributed by atoms with van der Waals surface area (Å²) in [5.41, 5.74) is -1.61. The standard InChI is InChI=1S/C74H134N12O15S/c1-25-27-29-49(13)62(88)61-66(92)77-53(26-2)68(94)83(22)58(43-102-37-31-52(42-87)30-28-32-86-33-35-101-36-34-86)71(97)82(21)57(41-74(16,17)100)65(91)78-59(47(9)10)72(98)79(18)54(38-44(3)4)64(90)75-50(14)63(89)76-51(15)67(93)80(19)55(39-45(5)6)69(95)81(20)56(40-46(7)8)70(96)84(23)60(48(11)12)73(99)85(61)24/h25,27,44-62,87-88,100H,26,28-43H2,1-24H3,(H,75,90)(H,76,89)(H,77,92)(H,78,91)/b27-25+/t49-,50+,51-,52-,53+,54+,55+,56+,57+,58-,59+,60+,61+,62-/m1/s1. The van der Waals surface area contributed by atoms with Crippen LogP contribution in [0, 0.1) is 41.4 Å². The lowest BCUT2D eigenvalue weighted by Crippen LogP contribution is -2.64. The molecule has 14 atom stereocenters. The number of morpholine rings is 1. The molecule has 0 spiro atoms. The third kappa shape index (κ3) is 27.5. The lowest BCUT2D eigenvalue weighted by atomic mass is 9.91. The van der Waals surface area contributed by atoms with Gasteiger partial charge in [0.25, 0.3) is 0 Å². The molecule has 0 radical (unpaired) electrons. The Bertz CT molecular complexity index is 2760. The van der Waals surface area contributed by atoms with Gasteiger partial charge in [-0.05, 0) is 140 Å². The fourth-order valence-electron chi connectivity index (χ4n) is 13.2. The Balaban J connectivity index is 3.11. The molecule has 2 saturated heterocycles. The minimum atomic E-state index is -1.68. The average molecular weight is 1460 g/mol. The second-order valence-corrected chi connectivity index (χ2v) is 32.4. The first-order chi connectivity index (χ1) is 47.4. The van der Waals surface area contributed by atoms with Crippen LogP contribution in [0.1, 0.15) is 175 Å². The first-order valence-electron chi connectivity index (χ1n) is 37.0. The minimum Gasteiger partial charge on any atom is -0.396 e. The minimum absolute atomic E-state index is 0.0470. The monoisotopic (exact) mass is 1460 g/mol. The highest BCUT2D eigenvalue weighted by atomic mass is 32.2. The van der Waals surface area contributed by atoms with E-state index in [9.17, 15) is 34.5 Å². The molecule has 11 amide bonds. The van der Waals surface area contributed by atoms with Crippen molar-refractivity contribution in [2.45, 2.75) is 254 Å². The molecular weight excluding hydrogens is 1330 g/mol. The topological polar surface area (TPSA) is 332 Å². The van der Waals surface area contributed by atoms with Crippen LogP contribution in [-0.4, -0.2) is 298 Å². The van der Waals surface area contributed by atoms with Gasteiger partial charge in [0.1, 0.15) is 66.5 Å². The highest BCUT2D eigenvalue weighted by molar-refractivity contribution is 7.99. The number of hydrogen-bond donors (Lipinski definition) is 7. The molecule has 0 saturated carbocycles. The van der Waals surface area contributed by atoms with Crippen LogP contribution in [0.15, 0.2) is 12.2 Å². The van der Waals surface area contributed by atoms with Crippen molar-refractivity contribution in [1.29, 1.82) is 0 Å². The number of carbonyl (C=O) groups is 11. The van der Waals surface area contributed by atoms with Crippen LogP contribution < -0.4 is 21.3 Å². The van der Waals surface area contributed by atoms with Crippen LogP contribution in [0.4, 0.5) is 0 Å². The van der Waals surface area contributed by atoms with Crippen LogP contribution in [0.25, 0.3) is 0 Å². The molecule has 28 heteroatoms. The summed E-state index contributed by atoms with van der Waals surface area (Å²) in [6, 6.07) is -14.7. The quantitative estimate of drug-likeness (QED) is 0.0507. The van der Waals surface area contributed by atoms with Gasteiger partial charge in [0.15, 0.2) is 0 Å². The summed E-state index contributed by atoms with van der Waals surface area (Å²) < 4.78 is 5.51. The number of nitrogens with zero attached hydrogens (tertiary/aromatic N) is 8. The fourth-order valence-corrected chi connectivity index (χ4v) is 14.4. The largest absolute Gasteiger partial charge is 0.396 e. The SMILES string of the molecule is C/C=C/C[C@@H](C)[C@@H](O)[C@H]1C(=O)N[C@@H](CC)C(=O)N(C)[C@H](CSCC[C@H](CO)CCCN2CCOCC2)C(=O)N(C)[C@@H](CC(C)(C)O)C(=O)N[C@@H](C(C)C)C(=O)N(C)[C@@H](CC(C)C)C(=O)N[C@@H](C)C(=O)N[C@H](C)C(=O)N(C)[C@@H](CC(C)C)C(=O)N(C)[C@@H](CC(C)C)C(=O)N(C)[C@@H](C(C)C)C(=O)N1C. The van der Waals surface area contributed by atoms with E-state index in [1.54, 1.807) is 60.6 Å². The average Bonchev–Trinajstić information content (AvgIpc) is 0.803. The number of rotatable bonds is 25. The van der Waals surface area contributed by atoms with Gasteiger partial charge in [0, 0.05) is 81.2 Å². The number of aliphatic hydroxyl groups excluding tert-OH is 2. The number of amides is 11. The second-order valence-electron chi connectivity index (χ2n) is 31.2. The molecule has 0 bridgehead atoms. The van der Waals surface area contributed by atoms with E-state index < -0.39 is 161 Å². The van der Waals surface area contributed by atoms with Crippen LogP contribution in [0.2, 0.25) is 0 Å². The smallest absolute Gasteiger partial charge is 0.246 e. The molecule has 2 heterocycles. The Morgan fingerprint density at radius 3 is 1.52 bits per heavy atom. The Kier molecular flexibility index (Phi) is 39.3. The molecular formula is C74H134N12O15S. The van der Waals surface area contributed by atoms with E-state index in [-0.39, 0.29) is 74.6 Å². The van der Waals surface area contributed by atoms with Crippen LogP contribution in [0.3, 0.4) is 0 Å².